The summed E-state index contributed by atoms with van der Waals surface area (Å²) < 4.78 is 1.72. The molecule has 0 spiro atoms. The molecule has 2 aromatic heterocycles. The number of nitrogens with zero attached hydrogens (tertiary/aromatic N) is 3. The third-order valence-electron chi connectivity index (χ3n) is 2.28. The lowest BCUT2D eigenvalue weighted by atomic mass is 10.2. The van der Waals surface area contributed by atoms with Crippen molar-refractivity contribution in [2.75, 3.05) is 0 Å². The van der Waals surface area contributed by atoms with E-state index in [-0.39, 0.29) is 5.78 Å². The van der Waals surface area contributed by atoms with Crippen molar-refractivity contribution in [1.29, 1.82) is 0 Å². The second-order valence-electron chi connectivity index (χ2n) is 3.48. The van der Waals surface area contributed by atoms with Gasteiger partial charge in [0.25, 0.3) is 0 Å². The highest BCUT2D eigenvalue weighted by Crippen LogP contribution is 2.07. The van der Waals surface area contributed by atoms with Crippen LogP contribution in [0.5, 0.6) is 0 Å². The Balaban J connectivity index is 2.31. The smallest absolute Gasteiger partial charge is 0.229 e. The first kappa shape index (κ1) is 10.5. The molecule has 0 N–H and O–H groups in total. The maximum absolute atomic E-state index is 12.1. The number of pyridine rings is 1. The van der Waals surface area contributed by atoms with Crippen molar-refractivity contribution in [3.63, 3.8) is 0 Å². The van der Waals surface area contributed by atoms with Crippen LogP contribution in [0, 0.1) is 0 Å². The maximum atomic E-state index is 12.1. The van der Waals surface area contributed by atoms with Crippen LogP contribution in [0.15, 0.2) is 36.7 Å². The third kappa shape index (κ3) is 2.00. The Labute approximate surface area is 93.9 Å². The number of hydrogen-bond acceptors (Lipinski definition) is 3. The van der Waals surface area contributed by atoms with Crippen LogP contribution in [0.1, 0.15) is 29.5 Å². The summed E-state index contributed by atoms with van der Waals surface area (Å²) in [7, 11) is 0. The third-order valence-corrected chi connectivity index (χ3v) is 2.28. The molecule has 2 rings (SSSR count). The van der Waals surface area contributed by atoms with Gasteiger partial charge in [-0.3, -0.25) is 14.5 Å². The van der Waals surface area contributed by atoms with Crippen LogP contribution in [-0.4, -0.2) is 20.5 Å². The zero-order chi connectivity index (χ0) is 11.4. The molecule has 82 valence electrons. The number of rotatable bonds is 4. The zero-order valence-electron chi connectivity index (χ0n) is 9.13. The molecule has 2 heterocycles. The predicted molar refractivity (Wildman–Crippen MR) is 60.2 cm³/mol. The fourth-order valence-electron chi connectivity index (χ4n) is 1.54. The number of aromatic nitrogens is 3. The van der Waals surface area contributed by atoms with Crippen molar-refractivity contribution >= 4 is 5.78 Å². The molecule has 0 aliphatic rings. The highest BCUT2D eigenvalue weighted by molar-refractivity contribution is 6.06. The Bertz CT molecular complexity index is 476. The van der Waals surface area contributed by atoms with Crippen molar-refractivity contribution < 1.29 is 4.79 Å². The minimum Gasteiger partial charge on any atom is -0.285 e. The van der Waals surface area contributed by atoms with Crippen LogP contribution < -0.4 is 0 Å². The molecule has 0 radical (unpaired) electrons. The molecule has 0 unspecified atom stereocenters. The molecule has 0 aromatic carbocycles. The van der Waals surface area contributed by atoms with Crippen molar-refractivity contribution in [1.82, 2.24) is 14.8 Å². The van der Waals surface area contributed by atoms with Gasteiger partial charge < -0.3 is 0 Å². The summed E-state index contributed by atoms with van der Waals surface area (Å²) in [6.07, 6.45) is 4.21. The first-order valence-electron chi connectivity index (χ1n) is 5.30. The highest BCUT2D eigenvalue weighted by Gasteiger charge is 2.14. The molecule has 0 bridgehead atoms. The number of aryl methyl sites for hydroxylation is 1. The van der Waals surface area contributed by atoms with Gasteiger partial charge in [0.05, 0.1) is 0 Å². The fraction of sp³-hybridized carbons (Fsp3) is 0.250. The summed E-state index contributed by atoms with van der Waals surface area (Å²) >= 11 is 0. The van der Waals surface area contributed by atoms with Gasteiger partial charge in [-0.25, -0.2) is 0 Å². The second kappa shape index (κ2) is 4.70. The minimum atomic E-state index is -0.0773. The van der Waals surface area contributed by atoms with E-state index < -0.39 is 0 Å². The topological polar surface area (TPSA) is 47.8 Å². The van der Waals surface area contributed by atoms with Gasteiger partial charge in [-0.2, -0.15) is 5.10 Å². The average Bonchev–Trinajstić information content (AvgIpc) is 2.78. The van der Waals surface area contributed by atoms with Crippen LogP contribution in [0.3, 0.4) is 0 Å². The molecule has 0 saturated carbocycles. The van der Waals surface area contributed by atoms with Crippen molar-refractivity contribution in [2.45, 2.75) is 19.9 Å². The van der Waals surface area contributed by atoms with Gasteiger partial charge in [-0.1, -0.05) is 13.0 Å². The zero-order valence-corrected chi connectivity index (χ0v) is 9.13. The van der Waals surface area contributed by atoms with Gasteiger partial charge in [0, 0.05) is 18.9 Å². The summed E-state index contributed by atoms with van der Waals surface area (Å²) in [5.41, 5.74) is 1.06. The van der Waals surface area contributed by atoms with Crippen molar-refractivity contribution in [2.24, 2.45) is 0 Å². The maximum Gasteiger partial charge on any atom is 0.229 e. The van der Waals surface area contributed by atoms with Gasteiger partial charge in [0.1, 0.15) is 11.4 Å². The number of carbonyl (C=O) groups excluding carboxylic acids is 1. The highest BCUT2D eigenvalue weighted by atomic mass is 16.1. The fourth-order valence-corrected chi connectivity index (χ4v) is 1.54. The monoisotopic (exact) mass is 215 g/mol. The van der Waals surface area contributed by atoms with Gasteiger partial charge >= 0.3 is 0 Å². The Morgan fingerprint density at radius 3 is 2.88 bits per heavy atom. The van der Waals surface area contributed by atoms with Gasteiger partial charge in [0.15, 0.2) is 0 Å². The molecule has 16 heavy (non-hydrogen) atoms. The molecule has 0 amide bonds. The second-order valence-corrected chi connectivity index (χ2v) is 3.48. The number of carbonyl (C=O) groups is 1. The molecule has 0 saturated heterocycles. The molecule has 0 fully saturated rings. The van der Waals surface area contributed by atoms with E-state index in [0.717, 1.165) is 13.0 Å². The summed E-state index contributed by atoms with van der Waals surface area (Å²) in [6.45, 7) is 2.80. The van der Waals surface area contributed by atoms with Crippen molar-refractivity contribution in [3.05, 3.63) is 48.0 Å². The largest absolute Gasteiger partial charge is 0.285 e. The van der Waals surface area contributed by atoms with Gasteiger partial charge in [0.2, 0.25) is 5.78 Å². The summed E-state index contributed by atoms with van der Waals surface area (Å²) in [4.78, 5) is 16.1. The van der Waals surface area contributed by atoms with Gasteiger partial charge in [-0.05, 0) is 24.6 Å². The summed E-state index contributed by atoms with van der Waals surface area (Å²) in [5.74, 6) is -0.0773. The molecule has 0 aliphatic carbocycles. The molecule has 4 nitrogen and oxygen atoms in total. The van der Waals surface area contributed by atoms with Gasteiger partial charge in [-0.15, -0.1) is 0 Å². The molecule has 0 atom stereocenters. The molecule has 0 aliphatic heterocycles. The lowest BCUT2D eigenvalue weighted by Gasteiger charge is -2.04. The minimum absolute atomic E-state index is 0.0773. The van der Waals surface area contributed by atoms with Crippen LogP contribution in [0.4, 0.5) is 0 Å². The van der Waals surface area contributed by atoms with Crippen LogP contribution >= 0.6 is 0 Å². The quantitative estimate of drug-likeness (QED) is 0.732. The molecular weight excluding hydrogens is 202 g/mol. The Kier molecular flexibility index (Phi) is 3.10. The Hall–Kier alpha value is -1.97. The lowest BCUT2D eigenvalue weighted by Crippen LogP contribution is -2.12. The molecule has 2 aromatic rings. The molecular formula is C12H13N3O. The standard InChI is InChI=1S/C12H13N3O/c1-2-9-15-11(6-8-14-15)12(16)10-5-3-4-7-13-10/h3-8H,2,9H2,1H3. The SMILES string of the molecule is CCCn1nccc1C(=O)c1ccccn1. The average molecular weight is 215 g/mol. The number of hydrogen-bond donors (Lipinski definition) is 0. The normalized spacial score (nSPS) is 10.3. The van der Waals surface area contributed by atoms with E-state index in [1.165, 1.54) is 0 Å². The first-order valence-corrected chi connectivity index (χ1v) is 5.30. The van der Waals surface area contributed by atoms with Crippen LogP contribution in [0.2, 0.25) is 0 Å². The molecule has 4 heteroatoms. The van der Waals surface area contributed by atoms with E-state index in [4.69, 9.17) is 0 Å². The van der Waals surface area contributed by atoms with Crippen molar-refractivity contribution in [3.8, 4) is 0 Å². The van der Waals surface area contributed by atoms with Crippen LogP contribution in [-0.2, 0) is 6.54 Å². The van der Waals surface area contributed by atoms with E-state index in [9.17, 15) is 4.79 Å². The van der Waals surface area contributed by atoms with E-state index in [1.54, 1.807) is 41.3 Å². The Morgan fingerprint density at radius 1 is 1.31 bits per heavy atom. The number of ketones is 1. The van der Waals surface area contributed by atoms with E-state index >= 15 is 0 Å². The Morgan fingerprint density at radius 2 is 2.19 bits per heavy atom. The lowest BCUT2D eigenvalue weighted by molar-refractivity contribution is 0.102. The van der Waals surface area contributed by atoms with E-state index in [1.807, 2.05) is 0 Å². The van der Waals surface area contributed by atoms with E-state index in [0.29, 0.717) is 11.4 Å². The van der Waals surface area contributed by atoms with E-state index in [2.05, 4.69) is 17.0 Å². The predicted octanol–water partition coefficient (Wildman–Crippen LogP) is 1.92. The first-order chi connectivity index (χ1) is 7.83. The summed E-state index contributed by atoms with van der Waals surface area (Å²) in [5, 5.41) is 4.12. The van der Waals surface area contributed by atoms with Crippen LogP contribution in [0.25, 0.3) is 0 Å². The summed E-state index contributed by atoms with van der Waals surface area (Å²) in [6, 6.07) is 7.04.